The van der Waals surface area contributed by atoms with Gasteiger partial charge in [0.05, 0.1) is 11.8 Å². The number of nitrogens with zero attached hydrogens (tertiary/aromatic N) is 3. The quantitative estimate of drug-likeness (QED) is 0.523. The fraction of sp³-hybridized carbons (Fsp3) is 0.0500. The minimum atomic E-state index is -4.36. The van der Waals surface area contributed by atoms with Gasteiger partial charge in [0.15, 0.2) is 5.82 Å². The lowest BCUT2D eigenvalue weighted by molar-refractivity contribution is -0.137. The van der Waals surface area contributed by atoms with E-state index in [-0.39, 0.29) is 0 Å². The summed E-state index contributed by atoms with van der Waals surface area (Å²) < 4.78 is 38.2. The van der Waals surface area contributed by atoms with E-state index in [1.165, 1.54) is 18.3 Å². The topological polar surface area (TPSA) is 50.7 Å². The maximum absolute atomic E-state index is 12.7. The molecule has 0 fully saturated rings. The van der Waals surface area contributed by atoms with Gasteiger partial charge in [-0.05, 0) is 35.9 Å². The third-order valence-electron chi connectivity index (χ3n) is 4.14. The van der Waals surface area contributed by atoms with Crippen molar-refractivity contribution in [3.05, 3.63) is 78.8 Å². The molecule has 7 heteroatoms. The number of anilines is 2. The van der Waals surface area contributed by atoms with Gasteiger partial charge >= 0.3 is 6.18 Å². The Morgan fingerprint density at radius 2 is 1.67 bits per heavy atom. The van der Waals surface area contributed by atoms with Gasteiger partial charge in [-0.1, -0.05) is 24.3 Å². The zero-order chi connectivity index (χ0) is 18.9. The Labute approximate surface area is 152 Å². The summed E-state index contributed by atoms with van der Waals surface area (Å²) in [5.41, 5.74) is 1.45. The van der Waals surface area contributed by atoms with Crippen LogP contribution in [0, 0.1) is 0 Å². The van der Waals surface area contributed by atoms with Crippen molar-refractivity contribution in [3.8, 4) is 11.1 Å². The maximum atomic E-state index is 12.7. The SMILES string of the molecule is FC(F)(F)c1ccc(-c2cnnc(Nc3cccc4cnccc34)c2)cc1. The molecule has 0 bridgehead atoms. The Morgan fingerprint density at radius 3 is 2.44 bits per heavy atom. The molecule has 0 saturated carbocycles. The molecule has 0 amide bonds. The van der Waals surface area contributed by atoms with Crippen LogP contribution in [0.4, 0.5) is 24.7 Å². The molecule has 0 aliphatic rings. The van der Waals surface area contributed by atoms with Crippen LogP contribution in [-0.2, 0) is 6.18 Å². The number of hydrogen-bond acceptors (Lipinski definition) is 4. The smallest absolute Gasteiger partial charge is 0.338 e. The lowest BCUT2D eigenvalue weighted by Crippen LogP contribution is -2.04. The molecule has 4 nitrogen and oxygen atoms in total. The number of fused-ring (bicyclic) bond motifs is 1. The summed E-state index contributed by atoms with van der Waals surface area (Å²) in [6.45, 7) is 0. The van der Waals surface area contributed by atoms with E-state index in [1.54, 1.807) is 18.5 Å². The minimum Gasteiger partial charge on any atom is -0.338 e. The average molecular weight is 366 g/mol. The first-order valence-corrected chi connectivity index (χ1v) is 8.11. The number of halogens is 3. The van der Waals surface area contributed by atoms with E-state index in [1.807, 2.05) is 24.3 Å². The molecule has 2 aromatic carbocycles. The highest BCUT2D eigenvalue weighted by molar-refractivity contribution is 5.94. The first-order chi connectivity index (χ1) is 13.0. The Hall–Kier alpha value is -3.48. The van der Waals surface area contributed by atoms with Crippen molar-refractivity contribution >= 4 is 22.3 Å². The molecule has 134 valence electrons. The normalized spacial score (nSPS) is 11.5. The fourth-order valence-electron chi connectivity index (χ4n) is 2.81. The third kappa shape index (κ3) is 3.57. The van der Waals surface area contributed by atoms with Gasteiger partial charge in [0.1, 0.15) is 0 Å². The number of rotatable bonds is 3. The molecule has 1 N–H and O–H groups in total. The Kier molecular flexibility index (Phi) is 4.19. The lowest BCUT2D eigenvalue weighted by Gasteiger charge is -2.10. The first kappa shape index (κ1) is 17.0. The molecule has 0 radical (unpaired) electrons. The van der Waals surface area contributed by atoms with Crippen LogP contribution in [0.2, 0.25) is 0 Å². The molecular weight excluding hydrogens is 353 g/mol. The lowest BCUT2D eigenvalue weighted by atomic mass is 10.1. The predicted molar refractivity (Wildman–Crippen MR) is 97.5 cm³/mol. The summed E-state index contributed by atoms with van der Waals surface area (Å²) in [5, 5.41) is 13.2. The summed E-state index contributed by atoms with van der Waals surface area (Å²) in [6.07, 6.45) is 0.633. The molecule has 27 heavy (non-hydrogen) atoms. The van der Waals surface area contributed by atoms with E-state index >= 15 is 0 Å². The largest absolute Gasteiger partial charge is 0.416 e. The molecule has 0 aliphatic heterocycles. The van der Waals surface area contributed by atoms with Crippen LogP contribution in [0.25, 0.3) is 21.9 Å². The number of alkyl halides is 3. The van der Waals surface area contributed by atoms with Gasteiger partial charge in [0.2, 0.25) is 0 Å². The van der Waals surface area contributed by atoms with E-state index in [4.69, 9.17) is 0 Å². The standard InChI is InChI=1S/C20H13F3N4/c21-20(22,23)16-6-4-13(5-7-16)15-10-19(27-25-12-15)26-18-3-1-2-14-11-24-9-8-17(14)18/h1-12H,(H,26,27). The van der Waals surface area contributed by atoms with E-state index in [2.05, 4.69) is 20.5 Å². The Morgan fingerprint density at radius 1 is 0.852 bits per heavy atom. The van der Waals surface area contributed by atoms with Crippen molar-refractivity contribution < 1.29 is 13.2 Å². The van der Waals surface area contributed by atoms with E-state index < -0.39 is 11.7 Å². The van der Waals surface area contributed by atoms with Crippen molar-refractivity contribution in [1.82, 2.24) is 15.2 Å². The second kappa shape index (κ2) is 6.68. The average Bonchev–Trinajstić information content (AvgIpc) is 2.68. The van der Waals surface area contributed by atoms with E-state index in [9.17, 15) is 13.2 Å². The van der Waals surface area contributed by atoms with Gasteiger partial charge in [-0.15, -0.1) is 5.10 Å². The maximum Gasteiger partial charge on any atom is 0.416 e. The monoisotopic (exact) mass is 366 g/mol. The van der Waals surface area contributed by atoms with Gasteiger partial charge in [0, 0.05) is 34.4 Å². The van der Waals surface area contributed by atoms with Crippen LogP contribution < -0.4 is 5.32 Å². The third-order valence-corrected chi connectivity index (χ3v) is 4.14. The zero-order valence-corrected chi connectivity index (χ0v) is 13.9. The minimum absolute atomic E-state index is 0.497. The zero-order valence-electron chi connectivity index (χ0n) is 13.9. The van der Waals surface area contributed by atoms with Gasteiger partial charge in [0.25, 0.3) is 0 Å². The Balaban J connectivity index is 1.65. The van der Waals surface area contributed by atoms with E-state index in [0.29, 0.717) is 16.9 Å². The molecule has 0 saturated heterocycles. The van der Waals surface area contributed by atoms with Gasteiger partial charge in [-0.3, -0.25) is 4.98 Å². The summed E-state index contributed by atoms with van der Waals surface area (Å²) in [7, 11) is 0. The summed E-state index contributed by atoms with van der Waals surface area (Å²) in [5.74, 6) is 0.497. The van der Waals surface area contributed by atoms with Crippen molar-refractivity contribution in [2.45, 2.75) is 6.18 Å². The fourth-order valence-corrected chi connectivity index (χ4v) is 2.81. The first-order valence-electron chi connectivity index (χ1n) is 8.11. The number of nitrogens with one attached hydrogen (secondary N) is 1. The summed E-state index contributed by atoms with van der Waals surface area (Å²) in [4.78, 5) is 4.10. The molecule has 4 rings (SSSR count). The second-order valence-corrected chi connectivity index (χ2v) is 5.93. The number of hydrogen-bond donors (Lipinski definition) is 1. The highest BCUT2D eigenvalue weighted by Gasteiger charge is 2.29. The van der Waals surface area contributed by atoms with Crippen molar-refractivity contribution in [1.29, 1.82) is 0 Å². The highest BCUT2D eigenvalue weighted by Crippen LogP contribution is 2.31. The molecule has 0 unspecified atom stereocenters. The predicted octanol–water partition coefficient (Wildman–Crippen LogP) is 5.45. The van der Waals surface area contributed by atoms with Crippen LogP contribution in [0.1, 0.15) is 5.56 Å². The molecule has 0 atom stereocenters. The van der Waals surface area contributed by atoms with Crippen molar-refractivity contribution in [3.63, 3.8) is 0 Å². The molecule has 2 aromatic heterocycles. The molecule has 4 aromatic rings. The molecular formula is C20H13F3N4. The summed E-state index contributed by atoms with van der Waals surface area (Å²) >= 11 is 0. The number of benzene rings is 2. The van der Waals surface area contributed by atoms with Crippen LogP contribution in [-0.4, -0.2) is 15.2 Å². The van der Waals surface area contributed by atoms with Crippen LogP contribution >= 0.6 is 0 Å². The van der Waals surface area contributed by atoms with Crippen LogP contribution in [0.3, 0.4) is 0 Å². The van der Waals surface area contributed by atoms with E-state index in [0.717, 1.165) is 28.6 Å². The number of aromatic nitrogens is 3. The van der Waals surface area contributed by atoms with Gasteiger partial charge in [-0.2, -0.15) is 18.3 Å². The highest BCUT2D eigenvalue weighted by atomic mass is 19.4. The van der Waals surface area contributed by atoms with Gasteiger partial charge in [-0.25, -0.2) is 0 Å². The van der Waals surface area contributed by atoms with Crippen molar-refractivity contribution in [2.24, 2.45) is 0 Å². The number of pyridine rings is 1. The van der Waals surface area contributed by atoms with Crippen LogP contribution in [0.15, 0.2) is 73.2 Å². The summed E-state index contributed by atoms with van der Waals surface area (Å²) in [6, 6.07) is 14.4. The Bertz CT molecular complexity index is 1090. The second-order valence-electron chi connectivity index (χ2n) is 5.93. The van der Waals surface area contributed by atoms with Gasteiger partial charge < -0.3 is 5.32 Å². The van der Waals surface area contributed by atoms with Crippen molar-refractivity contribution in [2.75, 3.05) is 5.32 Å². The van der Waals surface area contributed by atoms with Crippen LogP contribution in [0.5, 0.6) is 0 Å². The molecule has 0 spiro atoms. The molecule has 2 heterocycles. The molecule has 0 aliphatic carbocycles.